The van der Waals surface area contributed by atoms with Gasteiger partial charge in [0.2, 0.25) is 0 Å². The van der Waals surface area contributed by atoms with E-state index in [0.717, 1.165) is 5.56 Å². The zero-order valence-corrected chi connectivity index (χ0v) is 9.22. The van der Waals surface area contributed by atoms with E-state index in [4.69, 9.17) is 4.74 Å². The van der Waals surface area contributed by atoms with Gasteiger partial charge in [0.05, 0.1) is 12.8 Å². The van der Waals surface area contributed by atoms with Crippen LogP contribution in [0.4, 0.5) is 5.82 Å². The Kier molecular flexibility index (Phi) is 3.88. The molecule has 0 aliphatic heterocycles. The smallest absolute Gasteiger partial charge is 0.251 e. The fourth-order valence-corrected chi connectivity index (χ4v) is 1.35. The molecular formula is C12H13N3O2. The molecule has 0 unspecified atom stereocenters. The molecule has 17 heavy (non-hydrogen) atoms. The summed E-state index contributed by atoms with van der Waals surface area (Å²) >= 11 is 0. The predicted molar refractivity (Wildman–Crippen MR) is 63.3 cm³/mol. The van der Waals surface area contributed by atoms with E-state index in [-0.39, 0.29) is 12.5 Å². The van der Waals surface area contributed by atoms with Gasteiger partial charge >= 0.3 is 0 Å². The lowest BCUT2D eigenvalue weighted by Gasteiger charge is -2.04. The first-order valence-electron chi connectivity index (χ1n) is 5.25. The number of rotatable bonds is 5. The second-order valence-corrected chi connectivity index (χ2v) is 3.50. The molecule has 0 saturated carbocycles. The average molecular weight is 231 g/mol. The van der Waals surface area contributed by atoms with Crippen LogP contribution in [0, 0.1) is 0 Å². The van der Waals surface area contributed by atoms with Crippen LogP contribution in [0.5, 0.6) is 0 Å². The lowest BCUT2D eigenvalue weighted by Crippen LogP contribution is -2.18. The standard InChI is InChI=1S/C12H13N3O2/c16-12(14-11-6-7-13-15-11)9-17-8-10-4-2-1-3-5-10/h1-7H,8-9H2,(H2,13,14,15,16). The molecular weight excluding hydrogens is 218 g/mol. The molecule has 5 heteroatoms. The molecule has 1 heterocycles. The number of benzene rings is 1. The van der Waals surface area contributed by atoms with Crippen molar-refractivity contribution in [3.63, 3.8) is 0 Å². The number of carbonyl (C=O) groups is 1. The van der Waals surface area contributed by atoms with Gasteiger partial charge in [-0.25, -0.2) is 0 Å². The lowest BCUT2D eigenvalue weighted by molar-refractivity contribution is -0.121. The van der Waals surface area contributed by atoms with E-state index in [1.165, 1.54) is 0 Å². The largest absolute Gasteiger partial charge is 0.367 e. The zero-order valence-electron chi connectivity index (χ0n) is 9.22. The highest BCUT2D eigenvalue weighted by Crippen LogP contribution is 2.01. The van der Waals surface area contributed by atoms with Gasteiger partial charge in [-0.05, 0) is 5.56 Å². The molecule has 1 aromatic carbocycles. The summed E-state index contributed by atoms with van der Waals surface area (Å²) in [6, 6.07) is 11.4. The van der Waals surface area contributed by atoms with Gasteiger partial charge in [-0.3, -0.25) is 9.89 Å². The Bertz CT molecular complexity index is 454. The fraction of sp³-hybridized carbons (Fsp3) is 0.167. The van der Waals surface area contributed by atoms with Crippen molar-refractivity contribution in [2.24, 2.45) is 0 Å². The third-order valence-electron chi connectivity index (χ3n) is 2.12. The van der Waals surface area contributed by atoms with Crippen molar-refractivity contribution in [1.82, 2.24) is 10.2 Å². The van der Waals surface area contributed by atoms with Crippen LogP contribution in [0.3, 0.4) is 0 Å². The monoisotopic (exact) mass is 231 g/mol. The Morgan fingerprint density at radius 2 is 2.12 bits per heavy atom. The molecule has 0 radical (unpaired) electrons. The summed E-state index contributed by atoms with van der Waals surface area (Å²) in [6.07, 6.45) is 1.57. The minimum atomic E-state index is -0.204. The second-order valence-electron chi connectivity index (χ2n) is 3.50. The molecule has 2 aromatic rings. The molecule has 0 atom stereocenters. The van der Waals surface area contributed by atoms with Crippen LogP contribution in [0.25, 0.3) is 0 Å². The number of aromatic amines is 1. The van der Waals surface area contributed by atoms with Gasteiger partial charge < -0.3 is 10.1 Å². The van der Waals surface area contributed by atoms with Gasteiger partial charge in [0, 0.05) is 6.07 Å². The number of hydrogen-bond acceptors (Lipinski definition) is 3. The van der Waals surface area contributed by atoms with Crippen molar-refractivity contribution < 1.29 is 9.53 Å². The topological polar surface area (TPSA) is 67.0 Å². The van der Waals surface area contributed by atoms with Crippen molar-refractivity contribution in [3.05, 3.63) is 48.2 Å². The number of carbonyl (C=O) groups excluding carboxylic acids is 1. The normalized spacial score (nSPS) is 10.1. The van der Waals surface area contributed by atoms with Crippen molar-refractivity contribution in [1.29, 1.82) is 0 Å². The van der Waals surface area contributed by atoms with Crippen molar-refractivity contribution in [2.75, 3.05) is 11.9 Å². The third-order valence-corrected chi connectivity index (χ3v) is 2.12. The van der Waals surface area contributed by atoms with Gasteiger partial charge in [0.25, 0.3) is 5.91 Å². The van der Waals surface area contributed by atoms with Crippen molar-refractivity contribution >= 4 is 11.7 Å². The molecule has 0 saturated heterocycles. The van der Waals surface area contributed by atoms with Gasteiger partial charge in [-0.15, -0.1) is 0 Å². The van der Waals surface area contributed by atoms with Gasteiger partial charge in [-0.2, -0.15) is 5.10 Å². The van der Waals surface area contributed by atoms with Crippen LogP contribution in [0.1, 0.15) is 5.56 Å². The van der Waals surface area contributed by atoms with Crippen LogP contribution in [-0.4, -0.2) is 22.7 Å². The molecule has 2 N–H and O–H groups in total. The number of hydrogen-bond donors (Lipinski definition) is 2. The van der Waals surface area contributed by atoms with Crippen LogP contribution in [0.2, 0.25) is 0 Å². The van der Waals surface area contributed by atoms with Crippen molar-refractivity contribution in [2.45, 2.75) is 6.61 Å². The summed E-state index contributed by atoms with van der Waals surface area (Å²) in [6.45, 7) is 0.450. The second kappa shape index (κ2) is 5.81. The van der Waals surface area contributed by atoms with E-state index in [2.05, 4.69) is 15.5 Å². The van der Waals surface area contributed by atoms with Gasteiger partial charge in [0.1, 0.15) is 12.4 Å². The van der Waals surface area contributed by atoms with E-state index in [9.17, 15) is 4.79 Å². The lowest BCUT2D eigenvalue weighted by atomic mass is 10.2. The Morgan fingerprint density at radius 1 is 1.29 bits per heavy atom. The molecule has 0 fully saturated rings. The van der Waals surface area contributed by atoms with E-state index in [0.29, 0.717) is 12.4 Å². The van der Waals surface area contributed by atoms with E-state index >= 15 is 0 Å². The Hall–Kier alpha value is -2.14. The number of ether oxygens (including phenoxy) is 1. The number of aromatic nitrogens is 2. The molecule has 1 amide bonds. The third kappa shape index (κ3) is 3.73. The maximum atomic E-state index is 11.4. The number of nitrogens with one attached hydrogen (secondary N) is 2. The van der Waals surface area contributed by atoms with E-state index in [1.807, 2.05) is 30.3 Å². The van der Waals surface area contributed by atoms with Crippen LogP contribution < -0.4 is 5.32 Å². The highest BCUT2D eigenvalue weighted by Gasteiger charge is 2.02. The van der Waals surface area contributed by atoms with Crippen LogP contribution >= 0.6 is 0 Å². The summed E-state index contributed by atoms with van der Waals surface area (Å²) in [5.74, 6) is 0.364. The Balaban J connectivity index is 1.70. The molecule has 0 aliphatic carbocycles. The molecule has 88 valence electrons. The molecule has 1 aromatic heterocycles. The first kappa shape index (κ1) is 11.3. The maximum Gasteiger partial charge on any atom is 0.251 e. The van der Waals surface area contributed by atoms with Crippen LogP contribution in [-0.2, 0) is 16.1 Å². The quantitative estimate of drug-likeness (QED) is 0.820. The summed E-state index contributed by atoms with van der Waals surface area (Å²) in [7, 11) is 0. The van der Waals surface area contributed by atoms with E-state index < -0.39 is 0 Å². The minimum absolute atomic E-state index is 0.0217. The predicted octanol–water partition coefficient (Wildman–Crippen LogP) is 1.56. The molecule has 5 nitrogen and oxygen atoms in total. The van der Waals surface area contributed by atoms with Crippen LogP contribution in [0.15, 0.2) is 42.6 Å². The zero-order chi connectivity index (χ0) is 11.9. The SMILES string of the molecule is O=C(COCc1ccccc1)Nc1ccn[nH]1. The molecule has 0 bridgehead atoms. The minimum Gasteiger partial charge on any atom is -0.367 e. The number of H-pyrrole nitrogens is 1. The highest BCUT2D eigenvalue weighted by molar-refractivity contribution is 5.90. The summed E-state index contributed by atoms with van der Waals surface area (Å²) in [4.78, 5) is 11.4. The van der Waals surface area contributed by atoms with Crippen molar-refractivity contribution in [3.8, 4) is 0 Å². The van der Waals surface area contributed by atoms with Gasteiger partial charge in [-0.1, -0.05) is 30.3 Å². The summed E-state index contributed by atoms with van der Waals surface area (Å²) < 4.78 is 5.28. The Labute approximate surface area is 98.8 Å². The Morgan fingerprint density at radius 3 is 2.82 bits per heavy atom. The number of anilines is 1. The summed E-state index contributed by atoms with van der Waals surface area (Å²) in [5, 5.41) is 8.99. The molecule has 0 spiro atoms. The molecule has 0 aliphatic rings. The van der Waals surface area contributed by atoms with Gasteiger partial charge in [0.15, 0.2) is 0 Å². The highest BCUT2D eigenvalue weighted by atomic mass is 16.5. The first-order valence-corrected chi connectivity index (χ1v) is 5.25. The molecule has 2 rings (SSSR count). The summed E-state index contributed by atoms with van der Waals surface area (Å²) in [5.41, 5.74) is 1.04. The number of nitrogens with zero attached hydrogens (tertiary/aromatic N) is 1. The maximum absolute atomic E-state index is 11.4. The average Bonchev–Trinajstić information content (AvgIpc) is 2.83. The van der Waals surface area contributed by atoms with E-state index in [1.54, 1.807) is 12.3 Å². The fourth-order valence-electron chi connectivity index (χ4n) is 1.35. The number of amides is 1. The first-order chi connectivity index (χ1) is 8.34.